The van der Waals surface area contributed by atoms with Crippen LogP contribution >= 0.6 is 0 Å². The van der Waals surface area contributed by atoms with E-state index in [2.05, 4.69) is 41.4 Å². The second-order valence-electron chi connectivity index (χ2n) is 6.14. The minimum absolute atomic E-state index is 0.626. The molecule has 0 unspecified atom stereocenters. The molecule has 0 radical (unpaired) electrons. The standard InChI is InChI=1S/C25H19NO/c1-4-10-20(11-5-1)16-17-23(21-12-6-2-7-13-21)18-24-19-26-25(27-24)22-14-8-3-9-15-22/h1-19H/b17-16+,23-18+. The summed E-state index contributed by atoms with van der Waals surface area (Å²) in [6.07, 6.45) is 8.00. The summed E-state index contributed by atoms with van der Waals surface area (Å²) in [7, 11) is 0. The summed E-state index contributed by atoms with van der Waals surface area (Å²) in [6.45, 7) is 0. The molecule has 0 aliphatic rings. The van der Waals surface area contributed by atoms with Crippen LogP contribution in [0.4, 0.5) is 0 Å². The summed E-state index contributed by atoms with van der Waals surface area (Å²) in [5, 5.41) is 0. The Morgan fingerprint density at radius 2 is 1.37 bits per heavy atom. The van der Waals surface area contributed by atoms with Gasteiger partial charge in [0.05, 0.1) is 6.20 Å². The molecule has 2 nitrogen and oxygen atoms in total. The van der Waals surface area contributed by atoms with Gasteiger partial charge in [-0.3, -0.25) is 0 Å². The molecule has 1 aromatic heterocycles. The molecule has 0 bridgehead atoms. The van der Waals surface area contributed by atoms with Gasteiger partial charge in [0, 0.05) is 5.56 Å². The van der Waals surface area contributed by atoms with Gasteiger partial charge in [-0.2, -0.15) is 0 Å². The molecule has 0 spiro atoms. The van der Waals surface area contributed by atoms with Crippen LogP contribution in [0.25, 0.3) is 29.2 Å². The maximum Gasteiger partial charge on any atom is 0.226 e. The fourth-order valence-corrected chi connectivity index (χ4v) is 2.83. The zero-order valence-electron chi connectivity index (χ0n) is 14.8. The number of rotatable bonds is 5. The van der Waals surface area contributed by atoms with E-state index in [-0.39, 0.29) is 0 Å². The maximum absolute atomic E-state index is 5.95. The first-order valence-electron chi connectivity index (χ1n) is 8.90. The second kappa shape index (κ2) is 8.15. The number of nitrogens with zero attached hydrogens (tertiary/aromatic N) is 1. The highest BCUT2D eigenvalue weighted by Crippen LogP contribution is 2.24. The molecule has 4 aromatic rings. The third-order valence-electron chi connectivity index (χ3n) is 4.20. The smallest absolute Gasteiger partial charge is 0.226 e. The molecular formula is C25H19NO. The molecule has 2 heteroatoms. The monoisotopic (exact) mass is 349 g/mol. The summed E-state index contributed by atoms with van der Waals surface area (Å²) in [5.41, 5.74) is 4.32. The lowest BCUT2D eigenvalue weighted by molar-refractivity contribution is 0.565. The lowest BCUT2D eigenvalue weighted by atomic mass is 10.0. The number of hydrogen-bond acceptors (Lipinski definition) is 2. The van der Waals surface area contributed by atoms with Crippen LogP contribution in [0.15, 0.2) is 108 Å². The minimum Gasteiger partial charge on any atom is -0.437 e. The first-order valence-corrected chi connectivity index (χ1v) is 8.90. The third kappa shape index (κ3) is 4.31. The van der Waals surface area contributed by atoms with E-state index < -0.39 is 0 Å². The van der Waals surface area contributed by atoms with Crippen molar-refractivity contribution in [2.24, 2.45) is 0 Å². The summed E-state index contributed by atoms with van der Waals surface area (Å²) < 4.78 is 5.95. The van der Waals surface area contributed by atoms with Crippen molar-refractivity contribution in [2.75, 3.05) is 0 Å². The van der Waals surface area contributed by atoms with Crippen molar-refractivity contribution in [1.82, 2.24) is 4.98 Å². The molecule has 130 valence electrons. The van der Waals surface area contributed by atoms with Crippen LogP contribution in [-0.2, 0) is 0 Å². The molecule has 0 saturated carbocycles. The Labute approximate surface area is 159 Å². The van der Waals surface area contributed by atoms with Crippen molar-refractivity contribution >= 4 is 17.7 Å². The fraction of sp³-hybridized carbons (Fsp3) is 0. The average Bonchev–Trinajstić information content (AvgIpc) is 3.22. The number of aromatic nitrogens is 1. The van der Waals surface area contributed by atoms with Crippen LogP contribution in [-0.4, -0.2) is 4.98 Å². The van der Waals surface area contributed by atoms with Crippen LogP contribution in [0.5, 0.6) is 0 Å². The van der Waals surface area contributed by atoms with Gasteiger partial charge < -0.3 is 4.42 Å². The van der Waals surface area contributed by atoms with Crippen LogP contribution in [0.2, 0.25) is 0 Å². The van der Waals surface area contributed by atoms with Gasteiger partial charge in [0.15, 0.2) is 0 Å². The Balaban J connectivity index is 1.68. The summed E-state index contributed by atoms with van der Waals surface area (Å²) in [4.78, 5) is 4.42. The Bertz CT molecular complexity index is 1050. The first kappa shape index (κ1) is 16.8. The topological polar surface area (TPSA) is 26.0 Å². The molecule has 0 amide bonds. The van der Waals surface area contributed by atoms with Crippen molar-refractivity contribution in [3.8, 4) is 11.5 Å². The molecule has 3 aromatic carbocycles. The molecule has 1 heterocycles. The Morgan fingerprint density at radius 1 is 0.741 bits per heavy atom. The highest BCUT2D eigenvalue weighted by Gasteiger charge is 2.06. The van der Waals surface area contributed by atoms with Crippen LogP contribution in [0, 0.1) is 0 Å². The largest absolute Gasteiger partial charge is 0.437 e. The number of allylic oxidation sites excluding steroid dienone is 2. The zero-order valence-corrected chi connectivity index (χ0v) is 14.8. The minimum atomic E-state index is 0.626. The summed E-state index contributed by atoms with van der Waals surface area (Å²) in [6, 6.07) is 30.5. The van der Waals surface area contributed by atoms with Gasteiger partial charge in [-0.05, 0) is 34.9 Å². The molecule has 0 fully saturated rings. The highest BCUT2D eigenvalue weighted by atomic mass is 16.4. The molecule has 27 heavy (non-hydrogen) atoms. The van der Waals surface area contributed by atoms with E-state index in [1.54, 1.807) is 6.20 Å². The number of hydrogen-bond donors (Lipinski definition) is 0. The quantitative estimate of drug-likeness (QED) is 0.380. The van der Waals surface area contributed by atoms with Gasteiger partial charge >= 0.3 is 0 Å². The van der Waals surface area contributed by atoms with Crippen molar-refractivity contribution in [1.29, 1.82) is 0 Å². The van der Waals surface area contributed by atoms with Gasteiger partial charge in [0.25, 0.3) is 0 Å². The Hall–Kier alpha value is -3.65. The second-order valence-corrected chi connectivity index (χ2v) is 6.14. The van der Waals surface area contributed by atoms with Crippen molar-refractivity contribution in [3.63, 3.8) is 0 Å². The predicted octanol–water partition coefficient (Wildman–Crippen LogP) is 6.60. The highest BCUT2D eigenvalue weighted by molar-refractivity contribution is 5.89. The molecule has 0 saturated heterocycles. The van der Waals surface area contributed by atoms with Gasteiger partial charge in [0.2, 0.25) is 5.89 Å². The van der Waals surface area contributed by atoms with Crippen LogP contribution < -0.4 is 0 Å². The van der Waals surface area contributed by atoms with Crippen molar-refractivity contribution in [3.05, 3.63) is 120 Å². The molecule has 0 atom stereocenters. The number of benzene rings is 3. The SMILES string of the molecule is C(=C\c1ccccc1)/C(=C\c1cnc(-c2ccccc2)o1)c1ccccc1. The van der Waals surface area contributed by atoms with Gasteiger partial charge in [-0.15, -0.1) is 0 Å². The molecule has 0 aliphatic heterocycles. The molecule has 0 N–H and O–H groups in total. The number of oxazole rings is 1. The zero-order chi connectivity index (χ0) is 18.3. The molecular weight excluding hydrogens is 330 g/mol. The van der Waals surface area contributed by atoms with Gasteiger partial charge in [-0.1, -0.05) is 91.0 Å². The van der Waals surface area contributed by atoms with Crippen molar-refractivity contribution < 1.29 is 4.42 Å². The predicted molar refractivity (Wildman–Crippen MR) is 112 cm³/mol. The average molecular weight is 349 g/mol. The van der Waals surface area contributed by atoms with E-state index in [4.69, 9.17) is 4.42 Å². The van der Waals surface area contributed by atoms with Gasteiger partial charge in [0.1, 0.15) is 5.76 Å². The maximum atomic E-state index is 5.95. The lowest BCUT2D eigenvalue weighted by Crippen LogP contribution is -1.80. The lowest BCUT2D eigenvalue weighted by Gasteiger charge is -2.02. The Morgan fingerprint density at radius 3 is 2.07 bits per heavy atom. The first-order chi connectivity index (χ1) is 13.4. The fourth-order valence-electron chi connectivity index (χ4n) is 2.83. The van der Waals surface area contributed by atoms with Crippen LogP contribution in [0.3, 0.4) is 0 Å². The van der Waals surface area contributed by atoms with E-state index in [1.165, 1.54) is 0 Å². The van der Waals surface area contributed by atoms with Gasteiger partial charge in [-0.25, -0.2) is 4.98 Å². The summed E-state index contributed by atoms with van der Waals surface area (Å²) in [5.74, 6) is 1.35. The summed E-state index contributed by atoms with van der Waals surface area (Å²) >= 11 is 0. The van der Waals surface area contributed by atoms with E-state index in [0.29, 0.717) is 5.89 Å². The van der Waals surface area contributed by atoms with Crippen molar-refractivity contribution in [2.45, 2.75) is 0 Å². The third-order valence-corrected chi connectivity index (χ3v) is 4.20. The normalized spacial score (nSPS) is 11.8. The Kier molecular flexibility index (Phi) is 5.07. The van der Waals surface area contributed by atoms with Crippen LogP contribution in [0.1, 0.15) is 16.9 Å². The van der Waals surface area contributed by atoms with E-state index >= 15 is 0 Å². The van der Waals surface area contributed by atoms with E-state index in [0.717, 1.165) is 28.0 Å². The molecule has 4 rings (SSSR count). The molecule has 0 aliphatic carbocycles. The van der Waals surface area contributed by atoms with E-state index in [9.17, 15) is 0 Å². The van der Waals surface area contributed by atoms with E-state index in [1.807, 2.05) is 72.8 Å².